The first kappa shape index (κ1) is 18.2. The number of nitrogens with zero attached hydrogens (tertiary/aromatic N) is 3. The summed E-state index contributed by atoms with van der Waals surface area (Å²) in [6, 6.07) is 8.92. The van der Waals surface area contributed by atoms with Crippen LogP contribution in [0.2, 0.25) is 0 Å². The van der Waals surface area contributed by atoms with E-state index in [-0.39, 0.29) is 11.3 Å². The van der Waals surface area contributed by atoms with Crippen molar-refractivity contribution in [3.05, 3.63) is 52.9 Å². The number of nitrogens with one attached hydrogen (secondary N) is 1. The maximum absolute atomic E-state index is 12.6. The number of alkyl halides is 2. The van der Waals surface area contributed by atoms with E-state index in [0.29, 0.717) is 16.9 Å². The molecule has 4 rings (SSSR count). The van der Waals surface area contributed by atoms with Gasteiger partial charge in [-0.05, 0) is 30.3 Å². The van der Waals surface area contributed by atoms with E-state index in [2.05, 4.69) is 19.9 Å². The SMILES string of the molecule is O=c1cc(-c2ccc(O)c(OC(F)F)c2)nc2ccc(N3CCNCC3)cn12. The van der Waals surface area contributed by atoms with Gasteiger partial charge in [0.05, 0.1) is 11.4 Å². The molecular formula is C19H18F2N4O3. The van der Waals surface area contributed by atoms with Crippen molar-refractivity contribution in [2.24, 2.45) is 0 Å². The van der Waals surface area contributed by atoms with Gasteiger partial charge in [0.1, 0.15) is 5.65 Å². The lowest BCUT2D eigenvalue weighted by Gasteiger charge is -2.29. The van der Waals surface area contributed by atoms with Crippen LogP contribution in [0.15, 0.2) is 47.4 Å². The van der Waals surface area contributed by atoms with E-state index >= 15 is 0 Å². The fourth-order valence-electron chi connectivity index (χ4n) is 3.21. The van der Waals surface area contributed by atoms with Crippen LogP contribution < -0.4 is 20.5 Å². The predicted octanol–water partition coefficient (Wildman–Crippen LogP) is 2.08. The molecule has 2 N–H and O–H groups in total. The molecule has 0 aliphatic carbocycles. The predicted molar refractivity (Wildman–Crippen MR) is 100 cm³/mol. The van der Waals surface area contributed by atoms with Gasteiger partial charge in [0.25, 0.3) is 5.56 Å². The van der Waals surface area contributed by atoms with Gasteiger partial charge in [0.15, 0.2) is 11.5 Å². The van der Waals surface area contributed by atoms with Crippen molar-refractivity contribution in [3.8, 4) is 22.8 Å². The van der Waals surface area contributed by atoms with E-state index in [4.69, 9.17) is 0 Å². The van der Waals surface area contributed by atoms with Gasteiger partial charge in [-0.25, -0.2) is 4.98 Å². The highest BCUT2D eigenvalue weighted by Gasteiger charge is 2.14. The van der Waals surface area contributed by atoms with Crippen LogP contribution in [0.3, 0.4) is 0 Å². The Bertz CT molecular complexity index is 1060. The molecule has 1 saturated heterocycles. The molecule has 0 radical (unpaired) electrons. The molecule has 0 unspecified atom stereocenters. The van der Waals surface area contributed by atoms with Crippen LogP contribution in [0.4, 0.5) is 14.5 Å². The first-order valence-corrected chi connectivity index (χ1v) is 8.78. The molecule has 0 amide bonds. The minimum absolute atomic E-state index is 0.290. The lowest BCUT2D eigenvalue weighted by atomic mass is 10.1. The van der Waals surface area contributed by atoms with E-state index in [0.717, 1.165) is 31.9 Å². The van der Waals surface area contributed by atoms with Gasteiger partial charge in [-0.2, -0.15) is 8.78 Å². The molecule has 7 nitrogen and oxygen atoms in total. The summed E-state index contributed by atoms with van der Waals surface area (Å²) in [6.45, 7) is 0.403. The molecule has 0 saturated carbocycles. The van der Waals surface area contributed by atoms with Crippen molar-refractivity contribution in [1.29, 1.82) is 0 Å². The van der Waals surface area contributed by atoms with Gasteiger partial charge < -0.3 is 20.1 Å². The first-order valence-electron chi connectivity index (χ1n) is 8.78. The molecule has 1 aromatic carbocycles. The Morgan fingerprint density at radius 1 is 1.14 bits per heavy atom. The van der Waals surface area contributed by atoms with Crippen LogP contribution in [0.1, 0.15) is 0 Å². The number of benzene rings is 1. The van der Waals surface area contributed by atoms with Gasteiger partial charge >= 0.3 is 6.61 Å². The summed E-state index contributed by atoms with van der Waals surface area (Å²) in [5.41, 5.74) is 1.77. The monoisotopic (exact) mass is 388 g/mol. The van der Waals surface area contributed by atoms with Crippen LogP contribution in [-0.2, 0) is 0 Å². The van der Waals surface area contributed by atoms with E-state index < -0.39 is 12.4 Å². The van der Waals surface area contributed by atoms with Crippen molar-refractivity contribution < 1.29 is 18.6 Å². The molecule has 1 aliphatic heterocycles. The normalized spacial score (nSPS) is 14.6. The molecule has 3 heterocycles. The Kier molecular flexibility index (Phi) is 4.82. The molecule has 2 aromatic heterocycles. The van der Waals surface area contributed by atoms with E-state index in [1.54, 1.807) is 12.3 Å². The number of aromatic nitrogens is 2. The third-order valence-electron chi connectivity index (χ3n) is 4.60. The molecular weight excluding hydrogens is 370 g/mol. The number of hydrogen-bond acceptors (Lipinski definition) is 6. The Morgan fingerprint density at radius 3 is 2.68 bits per heavy atom. The third-order valence-corrected chi connectivity index (χ3v) is 4.60. The van der Waals surface area contributed by atoms with Crippen molar-refractivity contribution in [1.82, 2.24) is 14.7 Å². The summed E-state index contributed by atoms with van der Waals surface area (Å²) in [7, 11) is 0. The number of halogens is 2. The fourth-order valence-corrected chi connectivity index (χ4v) is 3.21. The summed E-state index contributed by atoms with van der Waals surface area (Å²) >= 11 is 0. The Labute approximate surface area is 158 Å². The second kappa shape index (κ2) is 7.43. The highest BCUT2D eigenvalue weighted by atomic mass is 19.3. The number of rotatable bonds is 4. The number of phenols is 1. The van der Waals surface area contributed by atoms with Crippen LogP contribution in [0.5, 0.6) is 11.5 Å². The minimum Gasteiger partial charge on any atom is -0.504 e. The van der Waals surface area contributed by atoms with Gasteiger partial charge in [-0.1, -0.05) is 0 Å². The van der Waals surface area contributed by atoms with Crippen LogP contribution in [0.25, 0.3) is 16.9 Å². The topological polar surface area (TPSA) is 79.1 Å². The number of ether oxygens (including phenoxy) is 1. The summed E-state index contributed by atoms with van der Waals surface area (Å²) in [5, 5.41) is 12.9. The summed E-state index contributed by atoms with van der Waals surface area (Å²) in [4.78, 5) is 19.3. The molecule has 9 heteroatoms. The molecule has 0 bridgehead atoms. The van der Waals surface area contributed by atoms with Crippen molar-refractivity contribution >= 4 is 11.3 Å². The zero-order valence-corrected chi connectivity index (χ0v) is 14.8. The van der Waals surface area contributed by atoms with E-state index in [1.807, 2.05) is 6.07 Å². The van der Waals surface area contributed by atoms with Crippen molar-refractivity contribution in [2.75, 3.05) is 31.1 Å². The highest BCUT2D eigenvalue weighted by Crippen LogP contribution is 2.32. The zero-order chi connectivity index (χ0) is 19.7. The van der Waals surface area contributed by atoms with E-state index in [1.165, 1.54) is 28.7 Å². The standard InChI is InChI=1S/C19H18F2N4O3/c20-19(21)28-16-9-12(1-3-15(16)26)14-10-18(27)25-11-13(2-4-17(25)23-14)24-7-5-22-6-8-24/h1-4,9-11,19,22,26H,5-8H2. The molecule has 0 atom stereocenters. The highest BCUT2D eigenvalue weighted by molar-refractivity contribution is 5.66. The van der Waals surface area contributed by atoms with E-state index in [9.17, 15) is 18.7 Å². The molecule has 0 spiro atoms. The largest absolute Gasteiger partial charge is 0.504 e. The van der Waals surface area contributed by atoms with Crippen LogP contribution in [0, 0.1) is 0 Å². The van der Waals surface area contributed by atoms with Gasteiger partial charge in [0, 0.05) is 44.0 Å². The van der Waals surface area contributed by atoms with Gasteiger partial charge in [0.2, 0.25) is 0 Å². The minimum atomic E-state index is -3.07. The number of phenolic OH excluding ortho intramolecular Hbond substituents is 1. The molecule has 146 valence electrons. The second-order valence-electron chi connectivity index (χ2n) is 6.39. The zero-order valence-electron chi connectivity index (χ0n) is 14.8. The quantitative estimate of drug-likeness (QED) is 0.713. The number of hydrogen-bond donors (Lipinski definition) is 2. The summed E-state index contributed by atoms with van der Waals surface area (Å²) in [5.74, 6) is -0.786. The molecule has 28 heavy (non-hydrogen) atoms. The lowest BCUT2D eigenvalue weighted by molar-refractivity contribution is -0.0512. The third kappa shape index (κ3) is 3.61. The number of pyridine rings is 1. The maximum Gasteiger partial charge on any atom is 0.387 e. The number of piperazine rings is 1. The average molecular weight is 388 g/mol. The number of anilines is 1. The maximum atomic E-state index is 12.6. The first-order chi connectivity index (χ1) is 13.5. The second-order valence-corrected chi connectivity index (χ2v) is 6.39. The fraction of sp³-hybridized carbons (Fsp3) is 0.263. The lowest BCUT2D eigenvalue weighted by Crippen LogP contribution is -2.43. The smallest absolute Gasteiger partial charge is 0.387 e. The Morgan fingerprint density at radius 2 is 1.93 bits per heavy atom. The Hall–Kier alpha value is -3.20. The van der Waals surface area contributed by atoms with Crippen molar-refractivity contribution in [3.63, 3.8) is 0 Å². The molecule has 1 fully saturated rings. The van der Waals surface area contributed by atoms with Gasteiger partial charge in [-0.15, -0.1) is 0 Å². The summed E-state index contributed by atoms with van der Waals surface area (Å²) in [6.07, 6.45) is 1.75. The van der Waals surface area contributed by atoms with Crippen molar-refractivity contribution in [2.45, 2.75) is 6.61 Å². The van der Waals surface area contributed by atoms with Gasteiger partial charge in [-0.3, -0.25) is 9.20 Å². The molecule has 1 aliphatic rings. The number of aromatic hydroxyl groups is 1. The summed E-state index contributed by atoms with van der Waals surface area (Å²) < 4.78 is 30.7. The average Bonchev–Trinajstić information content (AvgIpc) is 2.69. The molecule has 3 aromatic rings. The van der Waals surface area contributed by atoms with Crippen LogP contribution >= 0.6 is 0 Å². The number of fused-ring (bicyclic) bond motifs is 1. The van der Waals surface area contributed by atoms with Crippen LogP contribution in [-0.4, -0.2) is 47.3 Å². The Balaban J connectivity index is 1.72.